The highest BCUT2D eigenvalue weighted by Crippen LogP contribution is 2.37. The fourth-order valence-corrected chi connectivity index (χ4v) is 2.02. The van der Waals surface area contributed by atoms with E-state index in [0.29, 0.717) is 0 Å². The second kappa shape index (κ2) is 6.62. The van der Waals surface area contributed by atoms with Gasteiger partial charge in [-0.25, -0.2) is 10.2 Å². The molecule has 0 spiro atoms. The number of nitrogens with two attached hydrogens (primary N) is 1. The van der Waals surface area contributed by atoms with Crippen molar-refractivity contribution in [1.29, 1.82) is 0 Å². The molecule has 1 rings (SSSR count). The number of carbonyl (C=O) groups is 1. The Kier molecular flexibility index (Phi) is 5.40. The molecule has 7 nitrogen and oxygen atoms in total. The molecule has 110 valence electrons. The van der Waals surface area contributed by atoms with E-state index < -0.39 is 28.4 Å². The average Bonchev–Trinajstić information content (AvgIpc) is 2.35. The van der Waals surface area contributed by atoms with E-state index in [2.05, 4.69) is 15.9 Å². The van der Waals surface area contributed by atoms with Crippen LogP contribution in [0.2, 0.25) is 0 Å². The number of benzene rings is 1. The molecule has 0 fully saturated rings. The Balaban J connectivity index is 3.25. The molecule has 20 heavy (non-hydrogen) atoms. The van der Waals surface area contributed by atoms with Gasteiger partial charge in [-0.3, -0.25) is 20.3 Å². The molecule has 1 unspecified atom stereocenters. The number of ether oxygens (including phenoxy) is 1. The van der Waals surface area contributed by atoms with Crippen LogP contribution in [-0.2, 0) is 4.79 Å². The van der Waals surface area contributed by atoms with E-state index in [1.54, 1.807) is 13.8 Å². The number of nitrogens with one attached hydrogen (secondary N) is 1. The van der Waals surface area contributed by atoms with Crippen LogP contribution in [0.5, 0.6) is 5.75 Å². The van der Waals surface area contributed by atoms with E-state index in [-0.39, 0.29) is 16.1 Å². The molecule has 1 aromatic carbocycles. The van der Waals surface area contributed by atoms with Crippen LogP contribution in [0.25, 0.3) is 0 Å². The molecular formula is C11H13BrFN3O4. The lowest BCUT2D eigenvalue weighted by atomic mass is 10.1. The van der Waals surface area contributed by atoms with Gasteiger partial charge in [0.15, 0.2) is 6.10 Å². The first kappa shape index (κ1) is 16.3. The van der Waals surface area contributed by atoms with Gasteiger partial charge in [0.25, 0.3) is 5.91 Å². The number of nitro benzene ring substituents is 1. The Morgan fingerprint density at radius 1 is 1.55 bits per heavy atom. The number of rotatable bonds is 5. The Morgan fingerprint density at radius 3 is 2.60 bits per heavy atom. The van der Waals surface area contributed by atoms with Crippen LogP contribution in [0, 0.1) is 21.8 Å². The van der Waals surface area contributed by atoms with Crippen LogP contribution < -0.4 is 16.0 Å². The van der Waals surface area contributed by atoms with Crippen molar-refractivity contribution >= 4 is 27.5 Å². The van der Waals surface area contributed by atoms with Crippen LogP contribution in [0.15, 0.2) is 16.6 Å². The fraction of sp³-hybridized carbons (Fsp3) is 0.364. The number of carbonyl (C=O) groups excluding carboxylic acids is 1. The molecule has 1 amide bonds. The van der Waals surface area contributed by atoms with Gasteiger partial charge in [0.05, 0.1) is 15.5 Å². The molecule has 0 bridgehead atoms. The summed E-state index contributed by atoms with van der Waals surface area (Å²) in [7, 11) is 0. The highest BCUT2D eigenvalue weighted by Gasteiger charge is 2.29. The van der Waals surface area contributed by atoms with Gasteiger partial charge < -0.3 is 4.74 Å². The molecular weight excluding hydrogens is 337 g/mol. The molecule has 0 radical (unpaired) electrons. The van der Waals surface area contributed by atoms with Gasteiger partial charge in [-0.2, -0.15) is 0 Å². The number of hydrazine groups is 1. The Morgan fingerprint density at radius 2 is 2.15 bits per heavy atom. The lowest BCUT2D eigenvalue weighted by molar-refractivity contribution is -0.386. The summed E-state index contributed by atoms with van der Waals surface area (Å²) in [6.07, 6.45) is -1.04. The van der Waals surface area contributed by atoms with Crippen LogP contribution >= 0.6 is 15.9 Å². The SMILES string of the molecule is CC(C)C(Oc1c(Br)cc(F)cc1[N+](=O)[O-])C(=O)NN. The molecule has 9 heteroatoms. The van der Waals surface area contributed by atoms with Crippen molar-refractivity contribution < 1.29 is 18.8 Å². The van der Waals surface area contributed by atoms with Gasteiger partial charge in [0.1, 0.15) is 5.82 Å². The van der Waals surface area contributed by atoms with Crippen LogP contribution in [0.4, 0.5) is 10.1 Å². The highest BCUT2D eigenvalue weighted by atomic mass is 79.9. The lowest BCUT2D eigenvalue weighted by Gasteiger charge is -2.21. The van der Waals surface area contributed by atoms with E-state index in [0.717, 1.165) is 12.1 Å². The molecule has 3 N–H and O–H groups in total. The molecule has 0 saturated carbocycles. The molecule has 1 aromatic rings. The summed E-state index contributed by atoms with van der Waals surface area (Å²) in [5, 5.41) is 10.9. The van der Waals surface area contributed by atoms with Gasteiger partial charge >= 0.3 is 5.69 Å². The van der Waals surface area contributed by atoms with Crippen LogP contribution in [0.3, 0.4) is 0 Å². The van der Waals surface area contributed by atoms with E-state index in [1.807, 2.05) is 5.43 Å². The second-order valence-corrected chi connectivity index (χ2v) is 5.14. The third kappa shape index (κ3) is 3.64. The second-order valence-electron chi connectivity index (χ2n) is 4.28. The zero-order valence-electron chi connectivity index (χ0n) is 10.7. The van der Waals surface area contributed by atoms with Gasteiger partial charge in [-0.1, -0.05) is 13.8 Å². The molecule has 1 atom stereocenters. The Hall–Kier alpha value is -1.74. The summed E-state index contributed by atoms with van der Waals surface area (Å²) in [5.74, 6) is 3.09. The van der Waals surface area contributed by atoms with Gasteiger partial charge in [0.2, 0.25) is 5.75 Å². The minimum absolute atomic E-state index is 0.0414. The van der Waals surface area contributed by atoms with Crippen molar-refractivity contribution in [2.24, 2.45) is 11.8 Å². The maximum atomic E-state index is 13.2. The summed E-state index contributed by atoms with van der Waals surface area (Å²) >= 11 is 2.98. The van der Waals surface area contributed by atoms with Crippen molar-refractivity contribution in [3.05, 3.63) is 32.5 Å². The third-order valence-electron chi connectivity index (χ3n) is 2.44. The molecule has 0 aliphatic carbocycles. The monoisotopic (exact) mass is 349 g/mol. The molecule has 0 saturated heterocycles. The maximum Gasteiger partial charge on any atom is 0.315 e. The van der Waals surface area contributed by atoms with Crippen molar-refractivity contribution in [3.8, 4) is 5.75 Å². The predicted octanol–water partition coefficient (Wildman–Crippen LogP) is 1.89. The Bertz CT molecular complexity index is 539. The maximum absolute atomic E-state index is 13.2. The molecule has 0 aliphatic heterocycles. The number of hydrogen-bond acceptors (Lipinski definition) is 5. The lowest BCUT2D eigenvalue weighted by Crippen LogP contribution is -2.45. The topological polar surface area (TPSA) is 107 Å². The molecule has 0 aromatic heterocycles. The van der Waals surface area contributed by atoms with Crippen molar-refractivity contribution in [2.45, 2.75) is 20.0 Å². The normalized spacial score (nSPS) is 12.1. The Labute approximate surface area is 122 Å². The first-order valence-electron chi connectivity index (χ1n) is 5.58. The molecule has 0 aliphatic rings. The smallest absolute Gasteiger partial charge is 0.315 e. The van der Waals surface area contributed by atoms with E-state index in [9.17, 15) is 19.3 Å². The zero-order chi connectivity index (χ0) is 15.4. The summed E-state index contributed by atoms with van der Waals surface area (Å²) in [5.41, 5.74) is 1.35. The summed E-state index contributed by atoms with van der Waals surface area (Å²) in [4.78, 5) is 21.7. The number of nitrogens with zero attached hydrogens (tertiary/aromatic N) is 1. The number of amides is 1. The van der Waals surface area contributed by atoms with Gasteiger partial charge in [-0.05, 0) is 27.9 Å². The zero-order valence-corrected chi connectivity index (χ0v) is 12.3. The fourth-order valence-electron chi connectivity index (χ4n) is 1.50. The van der Waals surface area contributed by atoms with E-state index in [1.165, 1.54) is 0 Å². The van der Waals surface area contributed by atoms with Gasteiger partial charge in [0, 0.05) is 0 Å². The third-order valence-corrected chi connectivity index (χ3v) is 3.03. The standard InChI is InChI=1S/C11H13BrFN3O4/c1-5(2)9(11(17)15-14)20-10-7(12)3-6(13)4-8(10)16(18)19/h3-5,9H,14H2,1-2H3,(H,15,17). The average molecular weight is 350 g/mol. The first-order valence-corrected chi connectivity index (χ1v) is 6.37. The van der Waals surface area contributed by atoms with E-state index in [4.69, 9.17) is 10.6 Å². The predicted molar refractivity (Wildman–Crippen MR) is 72.3 cm³/mol. The van der Waals surface area contributed by atoms with Crippen molar-refractivity contribution in [1.82, 2.24) is 5.43 Å². The number of hydrogen-bond donors (Lipinski definition) is 2. The molecule has 0 heterocycles. The van der Waals surface area contributed by atoms with Gasteiger partial charge in [-0.15, -0.1) is 0 Å². The van der Waals surface area contributed by atoms with E-state index >= 15 is 0 Å². The first-order chi connectivity index (χ1) is 9.27. The van der Waals surface area contributed by atoms with Crippen LogP contribution in [-0.4, -0.2) is 16.9 Å². The van der Waals surface area contributed by atoms with Crippen molar-refractivity contribution in [2.75, 3.05) is 0 Å². The number of halogens is 2. The minimum Gasteiger partial charge on any atom is -0.472 e. The van der Waals surface area contributed by atoms with Crippen molar-refractivity contribution in [3.63, 3.8) is 0 Å². The van der Waals surface area contributed by atoms with Crippen LogP contribution in [0.1, 0.15) is 13.8 Å². The quantitative estimate of drug-likeness (QED) is 0.365. The summed E-state index contributed by atoms with van der Waals surface area (Å²) in [6.45, 7) is 3.37. The minimum atomic E-state index is -1.04. The highest BCUT2D eigenvalue weighted by molar-refractivity contribution is 9.10. The summed E-state index contributed by atoms with van der Waals surface area (Å²) < 4.78 is 18.6. The number of nitro groups is 1. The largest absolute Gasteiger partial charge is 0.472 e. The summed E-state index contributed by atoms with van der Waals surface area (Å²) in [6, 6.07) is 1.73.